The number of hydrogen-bond acceptors (Lipinski definition) is 7. The Balaban J connectivity index is 1.45. The zero-order valence-corrected chi connectivity index (χ0v) is 15.5. The highest BCUT2D eigenvalue weighted by Crippen LogP contribution is 2.31. The van der Waals surface area contributed by atoms with Crippen LogP contribution in [0.25, 0.3) is 11.4 Å². The highest BCUT2D eigenvalue weighted by atomic mass is 16.6. The summed E-state index contributed by atoms with van der Waals surface area (Å²) in [5, 5.41) is 3.98. The fraction of sp³-hybridized carbons (Fsp3) is 0.250. The molecule has 0 saturated carbocycles. The molecule has 3 aromatic rings. The SMILES string of the molecule is COc1ccc(-c2noc(CN(C)C(=O)c3ccc4c(c3)OCCO4)n2)cc1. The maximum absolute atomic E-state index is 12.7. The van der Waals surface area contributed by atoms with E-state index in [0.29, 0.717) is 42.0 Å². The first kappa shape index (κ1) is 17.8. The average Bonchev–Trinajstić information content (AvgIpc) is 3.21. The number of carbonyl (C=O) groups excluding carboxylic acids is 1. The van der Waals surface area contributed by atoms with E-state index in [-0.39, 0.29) is 12.5 Å². The summed E-state index contributed by atoms with van der Waals surface area (Å²) in [6, 6.07) is 12.5. The van der Waals surface area contributed by atoms with Gasteiger partial charge in [0.25, 0.3) is 5.91 Å². The molecular weight excluding hydrogens is 362 g/mol. The zero-order chi connectivity index (χ0) is 19.5. The van der Waals surface area contributed by atoms with E-state index in [1.807, 2.05) is 24.3 Å². The minimum atomic E-state index is -0.179. The molecule has 8 nitrogen and oxygen atoms in total. The lowest BCUT2D eigenvalue weighted by molar-refractivity contribution is 0.0768. The van der Waals surface area contributed by atoms with Crippen molar-refractivity contribution >= 4 is 5.91 Å². The summed E-state index contributed by atoms with van der Waals surface area (Å²) in [5.74, 6) is 2.59. The third-order valence-electron chi connectivity index (χ3n) is 4.32. The molecule has 1 aromatic heterocycles. The molecule has 2 aromatic carbocycles. The summed E-state index contributed by atoms with van der Waals surface area (Å²) in [7, 11) is 3.28. The second kappa shape index (κ2) is 7.59. The molecule has 28 heavy (non-hydrogen) atoms. The number of nitrogens with zero attached hydrogens (tertiary/aromatic N) is 3. The van der Waals surface area contributed by atoms with Gasteiger partial charge in [-0.2, -0.15) is 4.98 Å². The summed E-state index contributed by atoms with van der Waals surface area (Å²) >= 11 is 0. The number of methoxy groups -OCH3 is 1. The maximum atomic E-state index is 12.7. The molecule has 1 amide bonds. The first-order valence-electron chi connectivity index (χ1n) is 8.76. The monoisotopic (exact) mass is 381 g/mol. The molecule has 1 aliphatic rings. The molecule has 0 bridgehead atoms. The lowest BCUT2D eigenvalue weighted by Crippen LogP contribution is -2.26. The van der Waals surface area contributed by atoms with E-state index < -0.39 is 0 Å². The third-order valence-corrected chi connectivity index (χ3v) is 4.32. The number of rotatable bonds is 5. The number of fused-ring (bicyclic) bond motifs is 1. The Bertz CT molecular complexity index is 984. The minimum absolute atomic E-state index is 0.179. The summed E-state index contributed by atoms with van der Waals surface area (Å²) in [4.78, 5) is 18.6. The van der Waals surface area contributed by atoms with Crippen LogP contribution in [0.1, 0.15) is 16.2 Å². The molecule has 0 radical (unpaired) electrons. The van der Waals surface area contributed by atoms with Crippen molar-refractivity contribution in [2.45, 2.75) is 6.54 Å². The molecular formula is C20H19N3O5. The highest BCUT2D eigenvalue weighted by molar-refractivity contribution is 5.94. The number of aromatic nitrogens is 2. The van der Waals surface area contributed by atoms with Crippen molar-refractivity contribution in [3.63, 3.8) is 0 Å². The molecule has 4 rings (SSSR count). The normalized spacial score (nSPS) is 12.5. The first-order valence-corrected chi connectivity index (χ1v) is 8.76. The fourth-order valence-corrected chi connectivity index (χ4v) is 2.85. The number of benzene rings is 2. The van der Waals surface area contributed by atoms with Crippen LogP contribution in [0.4, 0.5) is 0 Å². The molecule has 144 valence electrons. The molecule has 0 fully saturated rings. The van der Waals surface area contributed by atoms with Crippen LogP contribution in [0.15, 0.2) is 47.0 Å². The van der Waals surface area contributed by atoms with E-state index in [9.17, 15) is 4.79 Å². The average molecular weight is 381 g/mol. The van der Waals surface area contributed by atoms with Crippen molar-refractivity contribution in [1.82, 2.24) is 15.0 Å². The first-order chi connectivity index (χ1) is 13.6. The third kappa shape index (κ3) is 3.62. The van der Waals surface area contributed by atoms with Crippen LogP contribution in [-0.2, 0) is 6.54 Å². The molecule has 0 aliphatic carbocycles. The van der Waals surface area contributed by atoms with E-state index in [1.54, 1.807) is 32.4 Å². The molecule has 0 unspecified atom stereocenters. The molecule has 8 heteroatoms. The van der Waals surface area contributed by atoms with E-state index in [2.05, 4.69) is 10.1 Å². The van der Waals surface area contributed by atoms with Crippen LogP contribution < -0.4 is 14.2 Å². The smallest absolute Gasteiger partial charge is 0.254 e. The zero-order valence-electron chi connectivity index (χ0n) is 15.5. The highest BCUT2D eigenvalue weighted by Gasteiger charge is 2.19. The predicted octanol–water partition coefficient (Wildman–Crippen LogP) is 2.79. The van der Waals surface area contributed by atoms with Gasteiger partial charge in [-0.15, -0.1) is 0 Å². The van der Waals surface area contributed by atoms with Crippen LogP contribution in [0.3, 0.4) is 0 Å². The Hall–Kier alpha value is -3.55. The van der Waals surface area contributed by atoms with Gasteiger partial charge >= 0.3 is 0 Å². The molecule has 0 atom stereocenters. The van der Waals surface area contributed by atoms with E-state index in [0.717, 1.165) is 11.3 Å². The van der Waals surface area contributed by atoms with Gasteiger partial charge in [-0.25, -0.2) is 0 Å². The molecule has 0 spiro atoms. The Labute approximate surface area is 161 Å². The van der Waals surface area contributed by atoms with Crippen LogP contribution >= 0.6 is 0 Å². The summed E-state index contributed by atoms with van der Waals surface area (Å²) < 4.78 is 21.5. The van der Waals surface area contributed by atoms with Crippen molar-refractivity contribution < 1.29 is 23.5 Å². The summed E-state index contributed by atoms with van der Waals surface area (Å²) in [6.45, 7) is 1.17. The molecule has 0 saturated heterocycles. The Morgan fingerprint density at radius 2 is 1.86 bits per heavy atom. The summed E-state index contributed by atoms with van der Waals surface area (Å²) in [6.07, 6.45) is 0. The van der Waals surface area contributed by atoms with E-state index >= 15 is 0 Å². The van der Waals surface area contributed by atoms with Crippen molar-refractivity contribution in [3.05, 3.63) is 53.9 Å². The number of amides is 1. The van der Waals surface area contributed by atoms with Crippen molar-refractivity contribution in [2.75, 3.05) is 27.4 Å². The van der Waals surface area contributed by atoms with Crippen LogP contribution in [0.5, 0.6) is 17.2 Å². The molecule has 0 N–H and O–H groups in total. The van der Waals surface area contributed by atoms with Gasteiger partial charge in [0, 0.05) is 18.2 Å². The fourth-order valence-electron chi connectivity index (χ4n) is 2.85. The van der Waals surface area contributed by atoms with Gasteiger partial charge in [0.2, 0.25) is 11.7 Å². The van der Waals surface area contributed by atoms with Crippen LogP contribution in [0, 0.1) is 0 Å². The van der Waals surface area contributed by atoms with Gasteiger partial charge in [-0.05, 0) is 42.5 Å². The minimum Gasteiger partial charge on any atom is -0.497 e. The summed E-state index contributed by atoms with van der Waals surface area (Å²) in [5.41, 5.74) is 1.30. The lowest BCUT2D eigenvalue weighted by Gasteiger charge is -2.20. The number of ether oxygens (including phenoxy) is 3. The van der Waals surface area contributed by atoms with Gasteiger partial charge in [0.1, 0.15) is 19.0 Å². The topological polar surface area (TPSA) is 86.9 Å². The van der Waals surface area contributed by atoms with Gasteiger partial charge in [0.05, 0.1) is 13.7 Å². The van der Waals surface area contributed by atoms with Gasteiger partial charge in [-0.3, -0.25) is 4.79 Å². The van der Waals surface area contributed by atoms with Gasteiger partial charge in [-0.1, -0.05) is 5.16 Å². The number of carbonyl (C=O) groups is 1. The van der Waals surface area contributed by atoms with Crippen molar-refractivity contribution in [2.24, 2.45) is 0 Å². The second-order valence-corrected chi connectivity index (χ2v) is 6.26. The van der Waals surface area contributed by atoms with Crippen molar-refractivity contribution in [3.8, 4) is 28.6 Å². The van der Waals surface area contributed by atoms with Crippen LogP contribution in [0.2, 0.25) is 0 Å². The lowest BCUT2D eigenvalue weighted by atomic mass is 10.1. The van der Waals surface area contributed by atoms with Gasteiger partial charge in [0.15, 0.2) is 11.5 Å². The Morgan fingerprint density at radius 3 is 2.61 bits per heavy atom. The van der Waals surface area contributed by atoms with Gasteiger partial charge < -0.3 is 23.6 Å². The van der Waals surface area contributed by atoms with E-state index in [1.165, 1.54) is 4.90 Å². The molecule has 2 heterocycles. The maximum Gasteiger partial charge on any atom is 0.254 e. The predicted molar refractivity (Wildman–Crippen MR) is 99.5 cm³/mol. The largest absolute Gasteiger partial charge is 0.497 e. The molecule has 1 aliphatic heterocycles. The van der Waals surface area contributed by atoms with E-state index in [4.69, 9.17) is 18.7 Å². The van der Waals surface area contributed by atoms with Crippen LogP contribution in [-0.4, -0.2) is 48.3 Å². The standard InChI is InChI=1S/C20H19N3O5/c1-23(20(24)14-5-8-16-17(11-14)27-10-9-26-16)12-18-21-19(22-28-18)13-3-6-15(25-2)7-4-13/h3-8,11H,9-10,12H2,1-2H3. The van der Waals surface area contributed by atoms with Crippen molar-refractivity contribution in [1.29, 1.82) is 0 Å². The Morgan fingerprint density at radius 1 is 1.11 bits per heavy atom. The number of hydrogen-bond donors (Lipinski definition) is 0. The Kier molecular flexibility index (Phi) is 4.84. The second-order valence-electron chi connectivity index (χ2n) is 6.26. The quantitative estimate of drug-likeness (QED) is 0.672.